The topological polar surface area (TPSA) is 63.9 Å². The summed E-state index contributed by atoms with van der Waals surface area (Å²) in [6.07, 6.45) is 3.73. The van der Waals surface area contributed by atoms with E-state index >= 15 is 0 Å². The van der Waals surface area contributed by atoms with Crippen LogP contribution >= 0.6 is 0 Å². The number of benzene rings is 1. The average molecular weight is 231 g/mol. The van der Waals surface area contributed by atoms with Gasteiger partial charge in [0.25, 0.3) is 0 Å². The highest BCUT2D eigenvalue weighted by atomic mass is 16.5. The molecule has 1 aromatic carbocycles. The molecule has 1 heterocycles. The molecule has 1 unspecified atom stereocenters. The molecule has 0 amide bonds. The second-order valence-electron chi connectivity index (χ2n) is 4.24. The zero-order valence-corrected chi connectivity index (χ0v) is 10.1. The minimum atomic E-state index is -0.151. The van der Waals surface area contributed by atoms with Crippen LogP contribution in [0.3, 0.4) is 0 Å². The number of hydrogen-bond acceptors (Lipinski definition) is 3. The Morgan fingerprint density at radius 2 is 1.88 bits per heavy atom. The third-order valence-electron chi connectivity index (χ3n) is 2.49. The Bertz CT molecular complexity index is 448. The Labute approximate surface area is 101 Å². The number of nitrogens with one attached hydrogen (secondary N) is 1. The minimum Gasteiger partial charge on any atom is -0.491 e. The number of aromatic amines is 1. The van der Waals surface area contributed by atoms with Gasteiger partial charge in [0.05, 0.1) is 18.3 Å². The lowest BCUT2D eigenvalue weighted by Crippen LogP contribution is -2.11. The molecule has 3 N–H and O–H groups in total. The molecule has 4 nitrogen and oxygen atoms in total. The second kappa shape index (κ2) is 5.01. The Kier molecular flexibility index (Phi) is 3.44. The summed E-state index contributed by atoms with van der Waals surface area (Å²) in [5.41, 5.74) is 8.13. The monoisotopic (exact) mass is 231 g/mol. The molecule has 0 saturated carbocycles. The van der Waals surface area contributed by atoms with Gasteiger partial charge in [0.1, 0.15) is 5.75 Å². The van der Waals surface area contributed by atoms with Gasteiger partial charge in [-0.15, -0.1) is 0 Å². The van der Waals surface area contributed by atoms with E-state index in [9.17, 15) is 0 Å². The molecule has 90 valence electrons. The number of H-pyrrole nitrogens is 1. The van der Waals surface area contributed by atoms with Crippen LogP contribution in [0.25, 0.3) is 0 Å². The fraction of sp³-hybridized carbons (Fsp3) is 0.308. The highest BCUT2D eigenvalue weighted by molar-refractivity contribution is 5.33. The molecule has 0 radical (unpaired) electrons. The van der Waals surface area contributed by atoms with Crippen LogP contribution in [-0.4, -0.2) is 16.3 Å². The summed E-state index contributed by atoms with van der Waals surface area (Å²) in [5.74, 6) is 0.864. The first-order valence-electron chi connectivity index (χ1n) is 5.67. The Morgan fingerprint density at radius 3 is 2.41 bits per heavy atom. The molecule has 1 aromatic heterocycles. The van der Waals surface area contributed by atoms with Crippen LogP contribution in [0.1, 0.15) is 31.0 Å². The highest BCUT2D eigenvalue weighted by Gasteiger charge is 2.09. The second-order valence-corrected chi connectivity index (χ2v) is 4.24. The molecule has 0 spiro atoms. The molecule has 0 bridgehead atoms. The summed E-state index contributed by atoms with van der Waals surface area (Å²) in [6.45, 7) is 4.01. The largest absolute Gasteiger partial charge is 0.491 e. The van der Waals surface area contributed by atoms with Crippen LogP contribution < -0.4 is 10.5 Å². The van der Waals surface area contributed by atoms with Crippen molar-refractivity contribution >= 4 is 0 Å². The van der Waals surface area contributed by atoms with E-state index in [-0.39, 0.29) is 12.1 Å². The summed E-state index contributed by atoms with van der Waals surface area (Å²) in [4.78, 5) is 0. The van der Waals surface area contributed by atoms with Crippen LogP contribution in [-0.2, 0) is 0 Å². The van der Waals surface area contributed by atoms with Gasteiger partial charge in [-0.05, 0) is 31.5 Å². The van der Waals surface area contributed by atoms with Crippen LogP contribution in [0.5, 0.6) is 5.75 Å². The van der Waals surface area contributed by atoms with Gasteiger partial charge in [-0.25, -0.2) is 0 Å². The standard InChI is InChI=1S/C13H17N3O/c1-9(2)17-12-5-3-10(4-6-12)13(14)11-7-15-16-8-11/h3-9,13H,14H2,1-2H3,(H,15,16). The van der Waals surface area contributed by atoms with Gasteiger partial charge in [0, 0.05) is 11.8 Å². The maximum atomic E-state index is 6.11. The van der Waals surface area contributed by atoms with Gasteiger partial charge >= 0.3 is 0 Å². The van der Waals surface area contributed by atoms with Crippen molar-refractivity contribution < 1.29 is 4.74 Å². The first-order valence-corrected chi connectivity index (χ1v) is 5.67. The van der Waals surface area contributed by atoms with Gasteiger partial charge in [0.2, 0.25) is 0 Å². The molecule has 4 heteroatoms. The molecule has 17 heavy (non-hydrogen) atoms. The zero-order valence-electron chi connectivity index (χ0n) is 10.1. The molecule has 0 fully saturated rings. The number of rotatable bonds is 4. The molecule has 0 saturated heterocycles. The van der Waals surface area contributed by atoms with Crippen LogP contribution in [0.15, 0.2) is 36.7 Å². The first-order chi connectivity index (χ1) is 8.16. The quantitative estimate of drug-likeness (QED) is 0.848. The van der Waals surface area contributed by atoms with E-state index in [0.717, 1.165) is 16.9 Å². The Balaban J connectivity index is 2.12. The summed E-state index contributed by atoms with van der Waals surface area (Å²) < 4.78 is 5.58. The van der Waals surface area contributed by atoms with Gasteiger partial charge < -0.3 is 10.5 Å². The molecular formula is C13H17N3O. The fourth-order valence-electron chi connectivity index (χ4n) is 1.65. The normalized spacial score (nSPS) is 12.7. The van der Waals surface area contributed by atoms with E-state index in [1.165, 1.54) is 0 Å². The number of hydrogen-bond donors (Lipinski definition) is 2. The smallest absolute Gasteiger partial charge is 0.119 e. The number of nitrogens with two attached hydrogens (primary N) is 1. The SMILES string of the molecule is CC(C)Oc1ccc(C(N)c2cn[nH]c2)cc1. The zero-order chi connectivity index (χ0) is 12.3. The Morgan fingerprint density at radius 1 is 1.18 bits per heavy atom. The van der Waals surface area contributed by atoms with Crippen molar-refractivity contribution in [1.82, 2.24) is 10.2 Å². The van der Waals surface area contributed by atoms with Crippen molar-refractivity contribution in [3.05, 3.63) is 47.8 Å². The van der Waals surface area contributed by atoms with E-state index in [0.29, 0.717) is 0 Å². The van der Waals surface area contributed by atoms with E-state index in [1.54, 1.807) is 6.20 Å². The molecule has 0 aliphatic rings. The molecule has 2 rings (SSSR count). The highest BCUT2D eigenvalue weighted by Crippen LogP contribution is 2.21. The maximum absolute atomic E-state index is 6.11. The van der Waals surface area contributed by atoms with Crippen LogP contribution in [0.2, 0.25) is 0 Å². The maximum Gasteiger partial charge on any atom is 0.119 e. The fourth-order valence-corrected chi connectivity index (χ4v) is 1.65. The lowest BCUT2D eigenvalue weighted by Gasteiger charge is -2.12. The third kappa shape index (κ3) is 2.85. The van der Waals surface area contributed by atoms with E-state index in [4.69, 9.17) is 10.5 Å². The number of ether oxygens (including phenoxy) is 1. The van der Waals surface area contributed by atoms with Gasteiger partial charge in [-0.1, -0.05) is 12.1 Å². The molecule has 0 aliphatic heterocycles. The molecule has 0 aliphatic carbocycles. The van der Waals surface area contributed by atoms with E-state index in [2.05, 4.69) is 10.2 Å². The lowest BCUT2D eigenvalue weighted by atomic mass is 10.0. The average Bonchev–Trinajstić information content (AvgIpc) is 2.82. The van der Waals surface area contributed by atoms with E-state index in [1.807, 2.05) is 44.3 Å². The van der Waals surface area contributed by atoms with Gasteiger partial charge in [-0.2, -0.15) is 5.10 Å². The van der Waals surface area contributed by atoms with Gasteiger partial charge in [-0.3, -0.25) is 5.10 Å². The third-order valence-corrected chi connectivity index (χ3v) is 2.49. The van der Waals surface area contributed by atoms with Crippen molar-refractivity contribution in [1.29, 1.82) is 0 Å². The lowest BCUT2D eigenvalue weighted by molar-refractivity contribution is 0.242. The summed E-state index contributed by atoms with van der Waals surface area (Å²) >= 11 is 0. The van der Waals surface area contributed by atoms with Gasteiger partial charge in [0.15, 0.2) is 0 Å². The Hall–Kier alpha value is -1.81. The first kappa shape index (κ1) is 11.7. The summed E-state index contributed by atoms with van der Waals surface area (Å²) in [7, 11) is 0. The van der Waals surface area contributed by atoms with Crippen LogP contribution in [0.4, 0.5) is 0 Å². The minimum absolute atomic E-state index is 0.151. The van der Waals surface area contributed by atoms with Crippen molar-refractivity contribution in [2.45, 2.75) is 26.0 Å². The molecule has 2 aromatic rings. The number of nitrogens with zero attached hydrogens (tertiary/aromatic N) is 1. The van der Waals surface area contributed by atoms with Crippen molar-refractivity contribution in [2.24, 2.45) is 5.73 Å². The summed E-state index contributed by atoms with van der Waals surface area (Å²) in [6, 6.07) is 7.69. The predicted molar refractivity (Wildman–Crippen MR) is 66.8 cm³/mol. The van der Waals surface area contributed by atoms with E-state index < -0.39 is 0 Å². The molecule has 1 atom stereocenters. The predicted octanol–water partition coefficient (Wildman–Crippen LogP) is 2.25. The summed E-state index contributed by atoms with van der Waals surface area (Å²) in [5, 5.41) is 6.66. The van der Waals surface area contributed by atoms with Crippen LogP contribution in [0, 0.1) is 0 Å². The van der Waals surface area contributed by atoms with Crippen molar-refractivity contribution in [3.63, 3.8) is 0 Å². The van der Waals surface area contributed by atoms with Crippen molar-refractivity contribution in [2.75, 3.05) is 0 Å². The molecular weight excluding hydrogens is 214 g/mol. The van der Waals surface area contributed by atoms with Crippen molar-refractivity contribution in [3.8, 4) is 5.75 Å². The number of aromatic nitrogens is 2.